The van der Waals surface area contributed by atoms with Crippen molar-refractivity contribution in [3.63, 3.8) is 0 Å². The molecule has 0 aliphatic carbocycles. The summed E-state index contributed by atoms with van der Waals surface area (Å²) in [5.74, 6) is 0.978. The number of ether oxygens (including phenoxy) is 1. The minimum atomic E-state index is -3.31. The zero-order valence-electron chi connectivity index (χ0n) is 16.1. The van der Waals surface area contributed by atoms with E-state index >= 15 is 0 Å². The molecule has 4 aromatic carbocycles. The zero-order chi connectivity index (χ0) is 19.2. The molecule has 0 atom stereocenters. The Morgan fingerprint density at radius 1 is 0.536 bits per heavy atom. The van der Waals surface area contributed by atoms with Crippen molar-refractivity contribution in [2.75, 3.05) is 7.11 Å². The van der Waals surface area contributed by atoms with Crippen LogP contribution in [0.4, 0.5) is 0 Å². The van der Waals surface area contributed by atoms with Gasteiger partial charge >= 0.3 is 172 Å². The molecule has 0 spiro atoms. The van der Waals surface area contributed by atoms with Crippen molar-refractivity contribution in [2.45, 2.75) is 4.44 Å². The number of hydrogen-bond acceptors (Lipinski definition) is 1. The van der Waals surface area contributed by atoms with Crippen LogP contribution in [0.15, 0.2) is 115 Å². The van der Waals surface area contributed by atoms with Crippen molar-refractivity contribution < 1.29 is 4.74 Å². The van der Waals surface area contributed by atoms with Crippen LogP contribution in [0.5, 0.6) is 5.75 Å². The van der Waals surface area contributed by atoms with Gasteiger partial charge < -0.3 is 0 Å². The number of methoxy groups -OCH3 is 1. The van der Waals surface area contributed by atoms with Gasteiger partial charge in [-0.1, -0.05) is 0 Å². The first kappa shape index (κ1) is 18.8. The molecule has 4 aromatic rings. The topological polar surface area (TPSA) is 9.23 Å². The summed E-state index contributed by atoms with van der Waals surface area (Å²) in [7, 11) is 1.77. The van der Waals surface area contributed by atoms with Gasteiger partial charge in [0.25, 0.3) is 0 Å². The number of hydrogen-bond donors (Lipinski definition) is 0. The predicted octanol–water partition coefficient (Wildman–Crippen LogP) is 3.95. The molecule has 0 saturated carbocycles. The first-order valence-electron chi connectivity index (χ1n) is 9.63. The third-order valence-electron chi connectivity index (χ3n) is 5.45. The van der Waals surface area contributed by atoms with E-state index in [1.54, 1.807) is 7.11 Å². The van der Waals surface area contributed by atoms with Crippen molar-refractivity contribution >= 4 is 29.1 Å². The van der Waals surface area contributed by atoms with Gasteiger partial charge in [-0.15, -0.1) is 0 Å². The first-order chi connectivity index (χ1) is 13.8. The van der Waals surface area contributed by atoms with E-state index in [9.17, 15) is 0 Å². The standard InChI is InChI=1S/C8H9O.3C6H5.Sn/c1-7-5-3-4-6-8(7)9-2;3*1-2-4-6-5-3-1;/h3-6H,1H2,2H3;3*1-5H;. The van der Waals surface area contributed by atoms with Crippen LogP contribution in [0.1, 0.15) is 5.56 Å². The molecule has 4 rings (SSSR count). The van der Waals surface area contributed by atoms with Gasteiger partial charge in [0.2, 0.25) is 0 Å². The molecule has 0 radical (unpaired) electrons. The fourth-order valence-corrected chi connectivity index (χ4v) is 17.7. The average molecular weight is 471 g/mol. The summed E-state index contributed by atoms with van der Waals surface area (Å²) < 4.78 is 11.2. The molecule has 138 valence electrons. The van der Waals surface area contributed by atoms with E-state index < -0.39 is 18.4 Å². The molecule has 0 aromatic heterocycles. The Bertz CT molecular complexity index is 917. The van der Waals surface area contributed by atoms with Crippen LogP contribution in [-0.4, -0.2) is 25.5 Å². The van der Waals surface area contributed by atoms with Gasteiger partial charge in [0.05, 0.1) is 0 Å². The Hall–Kier alpha value is -2.52. The van der Waals surface area contributed by atoms with Crippen molar-refractivity contribution in [1.29, 1.82) is 0 Å². The second-order valence-electron chi connectivity index (χ2n) is 6.99. The van der Waals surface area contributed by atoms with Gasteiger partial charge in [0, 0.05) is 0 Å². The summed E-state index contributed by atoms with van der Waals surface area (Å²) in [5.41, 5.74) is 1.29. The van der Waals surface area contributed by atoms with Gasteiger partial charge in [-0.05, 0) is 0 Å². The normalized spacial score (nSPS) is 11.2. The second-order valence-corrected chi connectivity index (χ2v) is 18.1. The molecule has 0 bridgehead atoms. The maximum atomic E-state index is 5.73. The molecule has 0 saturated heterocycles. The SMILES string of the molecule is COc1ccccc1[CH2][Sn]([c]1ccccc1)([c]1ccccc1)[c]1ccccc1. The minimum absolute atomic E-state index is 0.978. The summed E-state index contributed by atoms with van der Waals surface area (Å²) in [6.45, 7) is 0. The number of rotatable bonds is 6. The molecule has 28 heavy (non-hydrogen) atoms. The molecule has 0 fully saturated rings. The van der Waals surface area contributed by atoms with Crippen LogP contribution in [0.2, 0.25) is 0 Å². The molecular formula is C26H24OSn. The fraction of sp³-hybridized carbons (Fsp3) is 0.0769. The molecule has 0 N–H and O–H groups in total. The van der Waals surface area contributed by atoms with Crippen molar-refractivity contribution in [1.82, 2.24) is 0 Å². The van der Waals surface area contributed by atoms with E-state index in [1.165, 1.54) is 16.3 Å². The van der Waals surface area contributed by atoms with Gasteiger partial charge in [-0.2, -0.15) is 0 Å². The molecule has 0 unspecified atom stereocenters. The molecule has 0 aliphatic rings. The molecular weight excluding hydrogens is 447 g/mol. The third-order valence-corrected chi connectivity index (χ3v) is 19.3. The van der Waals surface area contributed by atoms with Crippen molar-refractivity contribution in [2.24, 2.45) is 0 Å². The van der Waals surface area contributed by atoms with Crippen LogP contribution < -0.4 is 15.5 Å². The summed E-state index contributed by atoms with van der Waals surface area (Å²) in [6, 6.07) is 41.8. The van der Waals surface area contributed by atoms with Gasteiger partial charge in [-0.25, -0.2) is 0 Å². The molecule has 0 aliphatic heterocycles. The van der Waals surface area contributed by atoms with E-state index in [2.05, 4.69) is 109 Å². The van der Waals surface area contributed by atoms with Gasteiger partial charge in [0.1, 0.15) is 0 Å². The van der Waals surface area contributed by atoms with E-state index in [0.717, 1.165) is 10.2 Å². The molecule has 1 nitrogen and oxygen atoms in total. The Morgan fingerprint density at radius 2 is 0.929 bits per heavy atom. The van der Waals surface area contributed by atoms with E-state index in [-0.39, 0.29) is 0 Å². The maximum absolute atomic E-state index is 5.73. The van der Waals surface area contributed by atoms with Crippen LogP contribution in [-0.2, 0) is 4.44 Å². The predicted molar refractivity (Wildman–Crippen MR) is 121 cm³/mol. The van der Waals surface area contributed by atoms with Crippen LogP contribution in [0, 0.1) is 0 Å². The van der Waals surface area contributed by atoms with Gasteiger partial charge in [0.15, 0.2) is 0 Å². The van der Waals surface area contributed by atoms with E-state index in [1.807, 2.05) is 6.07 Å². The summed E-state index contributed by atoms with van der Waals surface area (Å²) >= 11 is -3.31. The monoisotopic (exact) mass is 472 g/mol. The van der Waals surface area contributed by atoms with Crippen LogP contribution in [0.3, 0.4) is 0 Å². The first-order valence-corrected chi connectivity index (χ1v) is 15.9. The van der Waals surface area contributed by atoms with E-state index in [0.29, 0.717) is 0 Å². The molecule has 0 heterocycles. The summed E-state index contributed by atoms with van der Waals surface area (Å²) in [4.78, 5) is 0. The van der Waals surface area contributed by atoms with Gasteiger partial charge in [-0.3, -0.25) is 0 Å². The Kier molecular flexibility index (Phi) is 5.82. The summed E-state index contributed by atoms with van der Waals surface area (Å²) in [5, 5.41) is 0. The Morgan fingerprint density at radius 3 is 1.36 bits per heavy atom. The summed E-state index contributed by atoms with van der Waals surface area (Å²) in [6.07, 6.45) is 0. The van der Waals surface area contributed by atoms with Crippen molar-refractivity contribution in [3.8, 4) is 5.75 Å². The Labute approximate surface area is 171 Å². The zero-order valence-corrected chi connectivity index (χ0v) is 18.9. The second kappa shape index (κ2) is 8.66. The third kappa shape index (κ3) is 3.59. The van der Waals surface area contributed by atoms with Crippen LogP contribution >= 0.6 is 0 Å². The quantitative estimate of drug-likeness (QED) is 0.388. The average Bonchev–Trinajstić information content (AvgIpc) is 2.79. The fourth-order valence-electron chi connectivity index (χ4n) is 4.11. The van der Waals surface area contributed by atoms with Crippen molar-refractivity contribution in [3.05, 3.63) is 121 Å². The van der Waals surface area contributed by atoms with E-state index in [4.69, 9.17) is 4.74 Å². The number of para-hydroxylation sites is 1. The molecule has 2 heteroatoms. The van der Waals surface area contributed by atoms with Crippen LogP contribution in [0.25, 0.3) is 0 Å². The molecule has 0 amide bonds. The Balaban J connectivity index is 2.01. The number of benzene rings is 4.